The van der Waals surface area contributed by atoms with Crippen molar-refractivity contribution in [2.75, 3.05) is 32.9 Å². The molecule has 0 spiro atoms. The highest BCUT2D eigenvalue weighted by Crippen LogP contribution is 2.17. The summed E-state index contributed by atoms with van der Waals surface area (Å²) in [5, 5.41) is 0. The first-order valence-electron chi connectivity index (χ1n) is 7.37. The van der Waals surface area contributed by atoms with Crippen molar-refractivity contribution in [3.63, 3.8) is 0 Å². The maximum absolute atomic E-state index is 5.94. The van der Waals surface area contributed by atoms with E-state index in [2.05, 4.69) is 18.4 Å². The van der Waals surface area contributed by atoms with Gasteiger partial charge in [0.15, 0.2) is 0 Å². The van der Waals surface area contributed by atoms with E-state index in [9.17, 15) is 0 Å². The molecule has 0 rings (SSSR count). The Kier molecular flexibility index (Phi) is 11.0. The largest absolute Gasteiger partial charge is 0.599 e. The van der Waals surface area contributed by atoms with E-state index in [1.807, 2.05) is 20.8 Å². The van der Waals surface area contributed by atoms with Gasteiger partial charge in [0.1, 0.15) is 0 Å². The highest BCUT2D eigenvalue weighted by atomic mass is 28.4. The molecular formula is C13H31NO3Si. The van der Waals surface area contributed by atoms with Crippen LogP contribution in [0.1, 0.15) is 53.9 Å². The number of hydrogen-bond acceptors (Lipinski definition) is 4. The fourth-order valence-corrected chi connectivity index (χ4v) is 4.77. The Morgan fingerprint density at radius 2 is 1.22 bits per heavy atom. The molecule has 0 radical (unpaired) electrons. The third-order valence-corrected chi connectivity index (χ3v) is 5.82. The molecule has 0 saturated heterocycles. The monoisotopic (exact) mass is 277 g/mol. The second kappa shape index (κ2) is 10.9. The second-order valence-corrected chi connectivity index (χ2v) is 6.71. The normalized spacial score (nSPS) is 12.3. The van der Waals surface area contributed by atoms with Gasteiger partial charge < -0.3 is 13.3 Å². The molecule has 0 amide bonds. The zero-order valence-electron chi connectivity index (χ0n) is 12.8. The lowest BCUT2D eigenvalue weighted by Crippen LogP contribution is -2.61. The minimum atomic E-state index is -2.65. The van der Waals surface area contributed by atoms with Gasteiger partial charge in [0.2, 0.25) is 0 Å². The number of rotatable bonds is 12. The number of hydrogen-bond donors (Lipinski definition) is 0. The topological polar surface area (TPSA) is 30.9 Å². The van der Waals surface area contributed by atoms with E-state index in [1.165, 1.54) is 6.42 Å². The molecule has 0 aliphatic heterocycles. The lowest BCUT2D eigenvalue weighted by molar-refractivity contribution is 0.0162. The van der Waals surface area contributed by atoms with Crippen molar-refractivity contribution < 1.29 is 13.3 Å². The number of unbranched alkanes of at least 4 members (excludes halogenated alkanes) is 1. The lowest BCUT2D eigenvalue weighted by atomic mass is 10.3. The van der Waals surface area contributed by atoms with Gasteiger partial charge in [0, 0.05) is 19.8 Å². The quantitative estimate of drug-likeness (QED) is 0.513. The maximum atomic E-state index is 5.94. The molecule has 110 valence electrons. The highest BCUT2D eigenvalue weighted by molar-refractivity contribution is 6.57. The van der Waals surface area contributed by atoms with E-state index in [0.717, 1.165) is 25.9 Å². The predicted octanol–water partition coefficient (Wildman–Crippen LogP) is 3.04. The van der Waals surface area contributed by atoms with E-state index < -0.39 is 8.97 Å². The van der Waals surface area contributed by atoms with Gasteiger partial charge in [-0.25, -0.2) is 0 Å². The van der Waals surface area contributed by atoms with Crippen LogP contribution in [-0.4, -0.2) is 46.4 Å². The van der Waals surface area contributed by atoms with Gasteiger partial charge in [-0.1, -0.05) is 20.3 Å². The average molecular weight is 277 g/mol. The van der Waals surface area contributed by atoms with Gasteiger partial charge in [0.25, 0.3) is 0 Å². The first-order valence-corrected chi connectivity index (χ1v) is 9.04. The summed E-state index contributed by atoms with van der Waals surface area (Å²) in [6.07, 6.45) is 3.42. The minimum Gasteiger partial charge on any atom is -0.361 e. The Morgan fingerprint density at radius 1 is 0.722 bits per heavy atom. The van der Waals surface area contributed by atoms with Crippen molar-refractivity contribution in [3.05, 3.63) is 0 Å². The van der Waals surface area contributed by atoms with E-state index in [-0.39, 0.29) is 0 Å². The molecule has 4 nitrogen and oxygen atoms in total. The van der Waals surface area contributed by atoms with Crippen LogP contribution in [0, 0.1) is 0 Å². The van der Waals surface area contributed by atoms with E-state index >= 15 is 0 Å². The SMILES string of the molecule is CCCCN(CCC)[Si](OCC)(OCC)OCC. The Hall–Kier alpha value is 0.0569. The van der Waals surface area contributed by atoms with Crippen LogP contribution < -0.4 is 0 Å². The molecule has 0 heterocycles. The van der Waals surface area contributed by atoms with Crippen molar-refractivity contribution in [3.8, 4) is 0 Å². The molecule has 0 aliphatic rings. The smallest absolute Gasteiger partial charge is 0.361 e. The third-order valence-electron chi connectivity index (χ3n) is 2.64. The van der Waals surface area contributed by atoms with Gasteiger partial charge >= 0.3 is 8.97 Å². The first kappa shape index (κ1) is 18.1. The first-order chi connectivity index (χ1) is 8.70. The van der Waals surface area contributed by atoms with Crippen LogP contribution in [-0.2, 0) is 13.3 Å². The summed E-state index contributed by atoms with van der Waals surface area (Å²) in [6, 6.07) is 0. The summed E-state index contributed by atoms with van der Waals surface area (Å²) in [6.45, 7) is 14.3. The molecule has 0 aromatic carbocycles. The van der Waals surface area contributed by atoms with Crippen LogP contribution >= 0.6 is 0 Å². The maximum Gasteiger partial charge on any atom is 0.599 e. The molecule has 0 aromatic heterocycles. The molecule has 0 atom stereocenters. The van der Waals surface area contributed by atoms with Crippen molar-refractivity contribution in [1.82, 2.24) is 4.57 Å². The lowest BCUT2D eigenvalue weighted by Gasteiger charge is -2.37. The van der Waals surface area contributed by atoms with Gasteiger partial charge in [-0.05, 0) is 46.7 Å². The predicted molar refractivity (Wildman–Crippen MR) is 77.4 cm³/mol. The zero-order chi connectivity index (χ0) is 13.9. The molecule has 0 N–H and O–H groups in total. The van der Waals surface area contributed by atoms with Crippen LogP contribution in [0.5, 0.6) is 0 Å². The van der Waals surface area contributed by atoms with E-state index in [4.69, 9.17) is 13.3 Å². The molecule has 0 bridgehead atoms. The molecule has 5 heteroatoms. The summed E-state index contributed by atoms with van der Waals surface area (Å²) in [4.78, 5) is 0. The van der Waals surface area contributed by atoms with Gasteiger partial charge in [-0.15, -0.1) is 0 Å². The van der Waals surface area contributed by atoms with E-state index in [1.54, 1.807) is 0 Å². The van der Waals surface area contributed by atoms with Crippen molar-refractivity contribution >= 4 is 8.97 Å². The zero-order valence-corrected chi connectivity index (χ0v) is 13.8. The average Bonchev–Trinajstić information content (AvgIpc) is 2.35. The second-order valence-electron chi connectivity index (χ2n) is 4.16. The molecule has 18 heavy (non-hydrogen) atoms. The Bertz CT molecular complexity index is 176. The van der Waals surface area contributed by atoms with Gasteiger partial charge in [-0.3, -0.25) is 4.57 Å². The third kappa shape index (κ3) is 5.80. The highest BCUT2D eigenvalue weighted by Gasteiger charge is 2.47. The summed E-state index contributed by atoms with van der Waals surface area (Å²) < 4.78 is 20.1. The van der Waals surface area contributed by atoms with Crippen LogP contribution in [0.25, 0.3) is 0 Å². The van der Waals surface area contributed by atoms with E-state index in [0.29, 0.717) is 19.8 Å². The molecular weight excluding hydrogens is 246 g/mol. The summed E-state index contributed by atoms with van der Waals surface area (Å²) in [5.41, 5.74) is 0. The van der Waals surface area contributed by atoms with Crippen LogP contribution in [0.4, 0.5) is 0 Å². The van der Waals surface area contributed by atoms with Crippen LogP contribution in [0.2, 0.25) is 0 Å². The Balaban J connectivity index is 4.88. The van der Waals surface area contributed by atoms with Crippen molar-refractivity contribution in [2.24, 2.45) is 0 Å². The summed E-state index contributed by atoms with van der Waals surface area (Å²) in [5.74, 6) is 0. The van der Waals surface area contributed by atoms with Crippen molar-refractivity contribution in [1.29, 1.82) is 0 Å². The summed E-state index contributed by atoms with van der Waals surface area (Å²) in [7, 11) is -2.65. The van der Waals surface area contributed by atoms with Gasteiger partial charge in [0.05, 0.1) is 0 Å². The Labute approximate surface area is 114 Å². The molecule has 0 aliphatic carbocycles. The minimum absolute atomic E-state index is 0.637. The van der Waals surface area contributed by atoms with Crippen molar-refractivity contribution in [2.45, 2.75) is 53.9 Å². The molecule has 0 fully saturated rings. The standard InChI is InChI=1S/C13H31NO3Si/c1-6-11-13-14(12-7-2)18(15-8-3,16-9-4)17-10-5/h6-13H2,1-5H3. The van der Waals surface area contributed by atoms with Crippen LogP contribution in [0.15, 0.2) is 0 Å². The van der Waals surface area contributed by atoms with Crippen LogP contribution in [0.3, 0.4) is 0 Å². The van der Waals surface area contributed by atoms with Gasteiger partial charge in [-0.2, -0.15) is 0 Å². The molecule has 0 aromatic rings. The fraction of sp³-hybridized carbons (Fsp3) is 1.00. The molecule has 0 unspecified atom stereocenters. The fourth-order valence-electron chi connectivity index (χ4n) is 1.95. The molecule has 0 saturated carbocycles. The number of nitrogens with zero attached hydrogens (tertiary/aromatic N) is 1. The Morgan fingerprint density at radius 3 is 1.56 bits per heavy atom. The summed E-state index contributed by atoms with van der Waals surface area (Å²) >= 11 is 0.